The van der Waals surface area contributed by atoms with Gasteiger partial charge in [0.25, 0.3) is 11.7 Å². The number of carbonyl (C=O) groups excluding carboxylic acids is 2. The molecule has 1 aliphatic rings. The van der Waals surface area contributed by atoms with Crippen LogP contribution in [-0.2, 0) is 14.3 Å². The molecular weight excluding hydrogens is 416 g/mol. The minimum Gasteiger partial charge on any atom is -0.507 e. The van der Waals surface area contributed by atoms with E-state index in [4.69, 9.17) is 4.74 Å². The van der Waals surface area contributed by atoms with E-state index in [-0.39, 0.29) is 11.3 Å². The SMILES string of the molecule is COCCCN1C(=O)C(=O)/C(=C(/O)c2ccc3ccccc3c2)C1c1c[nH]c2ccccc12. The molecule has 166 valence electrons. The highest BCUT2D eigenvalue weighted by Gasteiger charge is 2.46. The van der Waals surface area contributed by atoms with Gasteiger partial charge in [0.05, 0.1) is 11.6 Å². The number of fused-ring (bicyclic) bond motifs is 2. The van der Waals surface area contributed by atoms with E-state index in [1.807, 2.05) is 66.9 Å². The van der Waals surface area contributed by atoms with E-state index in [9.17, 15) is 14.7 Å². The molecule has 1 atom stereocenters. The van der Waals surface area contributed by atoms with Crippen LogP contribution in [0, 0.1) is 0 Å². The van der Waals surface area contributed by atoms with Gasteiger partial charge >= 0.3 is 0 Å². The molecule has 1 unspecified atom stereocenters. The van der Waals surface area contributed by atoms with Crippen LogP contribution in [0.1, 0.15) is 23.6 Å². The molecule has 6 nitrogen and oxygen atoms in total. The Labute approximate surface area is 191 Å². The van der Waals surface area contributed by atoms with Gasteiger partial charge in [-0.15, -0.1) is 0 Å². The van der Waals surface area contributed by atoms with Crippen LogP contribution in [0.2, 0.25) is 0 Å². The second kappa shape index (κ2) is 8.56. The summed E-state index contributed by atoms with van der Waals surface area (Å²) in [6.45, 7) is 0.811. The topological polar surface area (TPSA) is 82.6 Å². The second-order valence-corrected chi connectivity index (χ2v) is 8.19. The third-order valence-electron chi connectivity index (χ3n) is 6.23. The molecule has 0 spiro atoms. The highest BCUT2D eigenvalue weighted by atomic mass is 16.5. The molecule has 1 aliphatic heterocycles. The van der Waals surface area contributed by atoms with Crippen molar-refractivity contribution >= 4 is 39.1 Å². The molecule has 0 aliphatic carbocycles. The van der Waals surface area contributed by atoms with Gasteiger partial charge in [-0.1, -0.05) is 54.6 Å². The minimum absolute atomic E-state index is 0.109. The molecule has 6 heteroatoms. The molecule has 1 saturated heterocycles. The van der Waals surface area contributed by atoms with Crippen LogP contribution in [0.4, 0.5) is 0 Å². The van der Waals surface area contributed by atoms with Gasteiger partial charge in [0.1, 0.15) is 5.76 Å². The normalized spacial score (nSPS) is 18.0. The molecule has 1 fully saturated rings. The van der Waals surface area contributed by atoms with Crippen molar-refractivity contribution in [2.24, 2.45) is 0 Å². The maximum atomic E-state index is 13.2. The molecule has 2 heterocycles. The molecule has 33 heavy (non-hydrogen) atoms. The molecule has 5 rings (SSSR count). The highest BCUT2D eigenvalue weighted by molar-refractivity contribution is 6.46. The Hall–Kier alpha value is -3.90. The summed E-state index contributed by atoms with van der Waals surface area (Å²) in [7, 11) is 1.60. The van der Waals surface area contributed by atoms with Gasteiger partial charge in [-0.3, -0.25) is 9.59 Å². The van der Waals surface area contributed by atoms with E-state index in [2.05, 4.69) is 4.98 Å². The zero-order valence-electron chi connectivity index (χ0n) is 18.2. The molecule has 0 saturated carbocycles. The molecular formula is C27H24N2O4. The number of hydrogen-bond donors (Lipinski definition) is 2. The minimum atomic E-state index is -0.690. The highest BCUT2D eigenvalue weighted by Crippen LogP contribution is 2.42. The van der Waals surface area contributed by atoms with Crippen molar-refractivity contribution in [2.75, 3.05) is 20.3 Å². The summed E-state index contributed by atoms with van der Waals surface area (Å²) < 4.78 is 5.15. The van der Waals surface area contributed by atoms with E-state index >= 15 is 0 Å². The summed E-state index contributed by atoms with van der Waals surface area (Å²) in [5.74, 6) is -1.44. The quantitative estimate of drug-likeness (QED) is 0.196. The summed E-state index contributed by atoms with van der Waals surface area (Å²) >= 11 is 0. The fourth-order valence-corrected chi connectivity index (χ4v) is 4.63. The number of rotatable bonds is 6. The van der Waals surface area contributed by atoms with Gasteiger partial charge in [-0.2, -0.15) is 0 Å². The number of hydrogen-bond acceptors (Lipinski definition) is 4. The second-order valence-electron chi connectivity index (χ2n) is 8.19. The third-order valence-corrected chi connectivity index (χ3v) is 6.23. The average Bonchev–Trinajstić information content (AvgIpc) is 3.37. The number of carbonyl (C=O) groups is 2. The standard InChI is InChI=1S/C27H24N2O4/c1-33-14-6-13-29-24(21-16-28-22-10-5-4-9-20(21)22)23(26(31)27(29)32)25(30)19-12-11-17-7-2-3-8-18(17)15-19/h2-5,7-12,15-16,24,28,30H,6,13-14H2,1H3/b25-23+. The van der Waals surface area contributed by atoms with Crippen molar-refractivity contribution in [3.63, 3.8) is 0 Å². The predicted molar refractivity (Wildman–Crippen MR) is 128 cm³/mol. The lowest BCUT2D eigenvalue weighted by atomic mass is 9.94. The van der Waals surface area contributed by atoms with Crippen molar-refractivity contribution in [2.45, 2.75) is 12.5 Å². The number of Topliss-reactive ketones (excluding diaryl/α,β-unsaturated/α-hetero) is 1. The van der Waals surface area contributed by atoms with Gasteiger partial charge in [0.15, 0.2) is 0 Å². The first-order valence-corrected chi connectivity index (χ1v) is 10.9. The number of aromatic amines is 1. The first kappa shape index (κ1) is 21.0. The molecule has 0 radical (unpaired) electrons. The van der Waals surface area contributed by atoms with Crippen molar-refractivity contribution < 1.29 is 19.4 Å². The summed E-state index contributed by atoms with van der Waals surface area (Å²) in [6.07, 6.45) is 2.40. The van der Waals surface area contributed by atoms with Crippen LogP contribution >= 0.6 is 0 Å². The van der Waals surface area contributed by atoms with E-state index in [0.29, 0.717) is 25.1 Å². The summed E-state index contributed by atoms with van der Waals surface area (Å²) in [5.41, 5.74) is 2.30. The number of amides is 1. The number of aromatic nitrogens is 1. The fraction of sp³-hybridized carbons (Fsp3) is 0.185. The number of aliphatic hydroxyl groups excluding tert-OH is 1. The van der Waals surface area contributed by atoms with E-state index in [1.165, 1.54) is 0 Å². The Morgan fingerprint density at radius 3 is 2.61 bits per heavy atom. The predicted octanol–water partition coefficient (Wildman–Crippen LogP) is 4.78. The number of aliphatic hydroxyl groups is 1. The monoisotopic (exact) mass is 440 g/mol. The number of benzene rings is 3. The lowest BCUT2D eigenvalue weighted by Gasteiger charge is -2.24. The molecule has 0 bridgehead atoms. The number of para-hydroxylation sites is 1. The molecule has 1 amide bonds. The Morgan fingerprint density at radius 1 is 1.03 bits per heavy atom. The lowest BCUT2D eigenvalue weighted by Crippen LogP contribution is -2.31. The number of ether oxygens (including phenoxy) is 1. The van der Waals surface area contributed by atoms with Crippen LogP contribution in [0.25, 0.3) is 27.4 Å². The van der Waals surface area contributed by atoms with E-state index in [1.54, 1.807) is 18.1 Å². The van der Waals surface area contributed by atoms with Crippen LogP contribution < -0.4 is 0 Å². The zero-order chi connectivity index (χ0) is 22.9. The maximum Gasteiger partial charge on any atom is 0.295 e. The van der Waals surface area contributed by atoms with Crippen LogP contribution in [0.3, 0.4) is 0 Å². The lowest BCUT2D eigenvalue weighted by molar-refractivity contribution is -0.140. The average molecular weight is 440 g/mol. The fourth-order valence-electron chi connectivity index (χ4n) is 4.63. The first-order valence-electron chi connectivity index (χ1n) is 10.9. The summed E-state index contributed by atoms with van der Waals surface area (Å²) in [6, 6.07) is 20.4. The molecule has 4 aromatic rings. The van der Waals surface area contributed by atoms with Crippen molar-refractivity contribution in [3.05, 3.63) is 89.6 Å². The smallest absolute Gasteiger partial charge is 0.295 e. The summed E-state index contributed by atoms with van der Waals surface area (Å²) in [4.78, 5) is 31.1. The number of nitrogens with one attached hydrogen (secondary N) is 1. The maximum absolute atomic E-state index is 13.2. The van der Waals surface area contributed by atoms with Gasteiger partial charge in [0, 0.05) is 48.5 Å². The van der Waals surface area contributed by atoms with Gasteiger partial charge < -0.3 is 19.7 Å². The number of ketones is 1. The van der Waals surface area contributed by atoms with Crippen LogP contribution in [-0.4, -0.2) is 46.9 Å². The van der Waals surface area contributed by atoms with Crippen LogP contribution in [0.5, 0.6) is 0 Å². The van der Waals surface area contributed by atoms with Gasteiger partial charge in [-0.05, 0) is 29.3 Å². The van der Waals surface area contributed by atoms with Gasteiger partial charge in [0.2, 0.25) is 0 Å². The number of likely N-dealkylation sites (tertiary alicyclic amines) is 1. The Kier molecular flexibility index (Phi) is 5.44. The molecule has 1 aromatic heterocycles. The number of methoxy groups -OCH3 is 1. The summed E-state index contributed by atoms with van der Waals surface area (Å²) in [5, 5.41) is 14.2. The van der Waals surface area contributed by atoms with Crippen molar-refractivity contribution in [3.8, 4) is 0 Å². The largest absolute Gasteiger partial charge is 0.507 e. The zero-order valence-corrected chi connectivity index (χ0v) is 18.2. The number of H-pyrrole nitrogens is 1. The number of nitrogens with zero attached hydrogens (tertiary/aromatic N) is 1. The van der Waals surface area contributed by atoms with Crippen molar-refractivity contribution in [1.29, 1.82) is 0 Å². The van der Waals surface area contributed by atoms with E-state index in [0.717, 1.165) is 27.2 Å². The molecule has 3 aromatic carbocycles. The molecule has 2 N–H and O–H groups in total. The Bertz CT molecular complexity index is 1400. The Morgan fingerprint density at radius 2 is 1.79 bits per heavy atom. The Balaban J connectivity index is 1.68. The van der Waals surface area contributed by atoms with Crippen LogP contribution in [0.15, 0.2) is 78.5 Å². The van der Waals surface area contributed by atoms with Gasteiger partial charge in [-0.25, -0.2) is 0 Å². The first-order chi connectivity index (χ1) is 16.1. The third kappa shape index (κ3) is 3.58. The van der Waals surface area contributed by atoms with E-state index < -0.39 is 17.7 Å². The van der Waals surface area contributed by atoms with Crippen molar-refractivity contribution in [1.82, 2.24) is 9.88 Å².